The van der Waals surface area contributed by atoms with Gasteiger partial charge in [0.15, 0.2) is 0 Å². The van der Waals surface area contributed by atoms with Crippen LogP contribution in [0, 0.1) is 12.8 Å². The number of thiazole rings is 1. The van der Waals surface area contributed by atoms with E-state index in [9.17, 15) is 4.79 Å². The molecule has 1 atom stereocenters. The number of carbonyl (C=O) groups is 1. The fraction of sp³-hybridized carbons (Fsp3) is 0.636. The van der Waals surface area contributed by atoms with E-state index in [1.165, 1.54) is 7.11 Å². The Morgan fingerprint density at radius 3 is 2.75 bits per heavy atom. The molecule has 0 saturated heterocycles. The maximum atomic E-state index is 11.5. The number of nitrogens with one attached hydrogen (secondary N) is 1. The average molecular weight is 242 g/mol. The third kappa shape index (κ3) is 3.57. The highest BCUT2D eigenvalue weighted by Crippen LogP contribution is 2.10. The van der Waals surface area contributed by atoms with Crippen molar-refractivity contribution in [2.24, 2.45) is 5.92 Å². The number of aryl methyl sites for hydroxylation is 1. The van der Waals surface area contributed by atoms with Crippen molar-refractivity contribution in [3.8, 4) is 0 Å². The summed E-state index contributed by atoms with van der Waals surface area (Å²) < 4.78 is 4.75. The highest BCUT2D eigenvalue weighted by atomic mass is 32.1. The van der Waals surface area contributed by atoms with Crippen molar-refractivity contribution >= 4 is 17.3 Å². The smallest absolute Gasteiger partial charge is 0.323 e. The minimum Gasteiger partial charge on any atom is -0.468 e. The number of aromatic nitrogens is 1. The van der Waals surface area contributed by atoms with Crippen LogP contribution < -0.4 is 5.32 Å². The number of esters is 1. The van der Waals surface area contributed by atoms with Crippen LogP contribution in [-0.4, -0.2) is 24.1 Å². The van der Waals surface area contributed by atoms with Crippen molar-refractivity contribution in [3.63, 3.8) is 0 Å². The summed E-state index contributed by atoms with van der Waals surface area (Å²) in [4.78, 5) is 15.8. The molecule has 0 radical (unpaired) electrons. The molecule has 0 aromatic carbocycles. The van der Waals surface area contributed by atoms with Crippen molar-refractivity contribution in [1.82, 2.24) is 10.3 Å². The van der Waals surface area contributed by atoms with Crippen molar-refractivity contribution in [2.75, 3.05) is 7.11 Å². The number of rotatable bonds is 5. The van der Waals surface area contributed by atoms with Gasteiger partial charge in [-0.05, 0) is 12.8 Å². The molecular formula is C11H18N2O2S. The summed E-state index contributed by atoms with van der Waals surface area (Å²) >= 11 is 1.60. The normalized spacial score (nSPS) is 12.8. The molecule has 0 amide bonds. The maximum absolute atomic E-state index is 11.5. The second-order valence-corrected chi connectivity index (χ2v) is 4.95. The maximum Gasteiger partial charge on any atom is 0.323 e. The first-order valence-electron chi connectivity index (χ1n) is 5.26. The molecule has 0 bridgehead atoms. The van der Waals surface area contributed by atoms with Crippen molar-refractivity contribution in [1.29, 1.82) is 0 Å². The fourth-order valence-electron chi connectivity index (χ4n) is 1.40. The monoisotopic (exact) mass is 242 g/mol. The molecule has 90 valence electrons. The number of methoxy groups -OCH3 is 1. The summed E-state index contributed by atoms with van der Waals surface area (Å²) in [6.07, 6.45) is 0. The number of hydrogen-bond donors (Lipinski definition) is 1. The molecule has 1 N–H and O–H groups in total. The molecule has 16 heavy (non-hydrogen) atoms. The summed E-state index contributed by atoms with van der Waals surface area (Å²) in [7, 11) is 1.41. The van der Waals surface area contributed by atoms with E-state index in [-0.39, 0.29) is 17.9 Å². The quantitative estimate of drug-likeness (QED) is 0.799. The largest absolute Gasteiger partial charge is 0.468 e. The van der Waals surface area contributed by atoms with E-state index in [0.717, 1.165) is 10.7 Å². The third-order valence-electron chi connectivity index (χ3n) is 2.26. The van der Waals surface area contributed by atoms with E-state index in [1.54, 1.807) is 11.3 Å². The second kappa shape index (κ2) is 5.96. The van der Waals surface area contributed by atoms with Gasteiger partial charge in [-0.15, -0.1) is 11.3 Å². The van der Waals surface area contributed by atoms with Crippen molar-refractivity contribution in [3.05, 3.63) is 16.1 Å². The molecule has 5 heteroatoms. The van der Waals surface area contributed by atoms with Gasteiger partial charge in [-0.25, -0.2) is 4.98 Å². The Kier molecular flexibility index (Phi) is 4.89. The molecule has 0 unspecified atom stereocenters. The number of carbonyl (C=O) groups excluding carboxylic acids is 1. The fourth-order valence-corrected chi connectivity index (χ4v) is 2.12. The molecule has 0 aliphatic heterocycles. The summed E-state index contributed by atoms with van der Waals surface area (Å²) in [6, 6.07) is -0.269. The molecule has 0 fully saturated rings. The van der Waals surface area contributed by atoms with E-state index < -0.39 is 0 Å². The van der Waals surface area contributed by atoms with Gasteiger partial charge in [-0.3, -0.25) is 10.1 Å². The lowest BCUT2D eigenvalue weighted by Crippen LogP contribution is -2.41. The lowest BCUT2D eigenvalue weighted by molar-refractivity contribution is -0.144. The van der Waals surface area contributed by atoms with Gasteiger partial charge in [-0.2, -0.15) is 0 Å². The van der Waals surface area contributed by atoms with Gasteiger partial charge in [0.05, 0.1) is 7.11 Å². The van der Waals surface area contributed by atoms with Crippen LogP contribution in [0.15, 0.2) is 5.38 Å². The lowest BCUT2D eigenvalue weighted by atomic mass is 10.1. The van der Waals surface area contributed by atoms with Crippen LogP contribution in [0.1, 0.15) is 24.5 Å². The molecule has 1 rings (SSSR count). The second-order valence-electron chi connectivity index (χ2n) is 4.01. The summed E-state index contributed by atoms with van der Waals surface area (Å²) in [5.74, 6) is -0.0169. The molecular weight excluding hydrogens is 224 g/mol. The zero-order valence-electron chi connectivity index (χ0n) is 10.1. The van der Waals surface area contributed by atoms with Crippen LogP contribution in [0.4, 0.5) is 0 Å². The molecule has 0 spiro atoms. The average Bonchev–Trinajstić information content (AvgIpc) is 2.63. The predicted molar refractivity (Wildman–Crippen MR) is 64.3 cm³/mol. The van der Waals surface area contributed by atoms with Crippen LogP contribution >= 0.6 is 11.3 Å². The molecule has 0 saturated carbocycles. The SMILES string of the molecule is COC(=O)[C@@H](NCc1nc(C)cs1)C(C)C. The van der Waals surface area contributed by atoms with Gasteiger partial charge in [0, 0.05) is 17.6 Å². The number of hydrogen-bond acceptors (Lipinski definition) is 5. The van der Waals surface area contributed by atoms with E-state index >= 15 is 0 Å². The van der Waals surface area contributed by atoms with Gasteiger partial charge < -0.3 is 4.74 Å². The van der Waals surface area contributed by atoms with Crippen LogP contribution in [0.25, 0.3) is 0 Å². The van der Waals surface area contributed by atoms with Crippen molar-refractivity contribution in [2.45, 2.75) is 33.4 Å². The van der Waals surface area contributed by atoms with Crippen LogP contribution in [0.2, 0.25) is 0 Å². The highest BCUT2D eigenvalue weighted by Gasteiger charge is 2.22. The lowest BCUT2D eigenvalue weighted by Gasteiger charge is -2.18. The highest BCUT2D eigenvalue weighted by molar-refractivity contribution is 7.09. The molecule has 1 aromatic rings. The Bertz CT molecular complexity index is 350. The molecule has 1 heterocycles. The van der Waals surface area contributed by atoms with Crippen LogP contribution in [0.3, 0.4) is 0 Å². The Labute approximate surface area is 100 Å². The minimum absolute atomic E-state index is 0.202. The Balaban J connectivity index is 2.53. The predicted octanol–water partition coefficient (Wildman–Crippen LogP) is 1.74. The summed E-state index contributed by atoms with van der Waals surface area (Å²) in [5, 5.41) is 6.17. The van der Waals surface area contributed by atoms with Gasteiger partial charge >= 0.3 is 5.97 Å². The topological polar surface area (TPSA) is 51.2 Å². The zero-order chi connectivity index (χ0) is 12.1. The van der Waals surface area contributed by atoms with E-state index in [1.807, 2.05) is 26.2 Å². The molecule has 4 nitrogen and oxygen atoms in total. The van der Waals surface area contributed by atoms with Crippen molar-refractivity contribution < 1.29 is 9.53 Å². The van der Waals surface area contributed by atoms with Crippen LogP contribution in [-0.2, 0) is 16.1 Å². The number of ether oxygens (including phenoxy) is 1. The van der Waals surface area contributed by atoms with Gasteiger partial charge in [0.1, 0.15) is 11.0 Å². The summed E-state index contributed by atoms with van der Waals surface area (Å²) in [6.45, 7) is 6.54. The first-order valence-corrected chi connectivity index (χ1v) is 6.14. The Morgan fingerprint density at radius 2 is 2.31 bits per heavy atom. The standard InChI is InChI=1S/C11H18N2O2S/c1-7(2)10(11(14)15-4)12-5-9-13-8(3)6-16-9/h6-7,10,12H,5H2,1-4H3/t10-/m0/s1. The van der Waals surface area contributed by atoms with Gasteiger partial charge in [0.25, 0.3) is 0 Å². The van der Waals surface area contributed by atoms with Gasteiger partial charge in [0.2, 0.25) is 0 Å². The minimum atomic E-state index is -0.269. The Hall–Kier alpha value is -0.940. The molecule has 1 aromatic heterocycles. The van der Waals surface area contributed by atoms with E-state index in [2.05, 4.69) is 10.3 Å². The van der Waals surface area contributed by atoms with Gasteiger partial charge in [-0.1, -0.05) is 13.8 Å². The first kappa shape index (κ1) is 13.1. The first-order chi connectivity index (χ1) is 7.54. The van der Waals surface area contributed by atoms with E-state index in [0.29, 0.717) is 6.54 Å². The van der Waals surface area contributed by atoms with Crippen LogP contribution in [0.5, 0.6) is 0 Å². The molecule has 0 aliphatic carbocycles. The third-order valence-corrected chi connectivity index (χ3v) is 3.23. The number of nitrogens with zero attached hydrogens (tertiary/aromatic N) is 1. The molecule has 0 aliphatic rings. The summed E-state index contributed by atoms with van der Waals surface area (Å²) in [5.41, 5.74) is 1.01. The Morgan fingerprint density at radius 1 is 1.62 bits per heavy atom. The van der Waals surface area contributed by atoms with E-state index in [4.69, 9.17) is 4.74 Å². The zero-order valence-corrected chi connectivity index (χ0v) is 10.9.